The number of benzene rings is 3. The lowest BCUT2D eigenvalue weighted by Gasteiger charge is -2.17. The Kier molecular flexibility index (Phi) is 4.23. The number of nitrogens with zero attached hydrogens (tertiary/aromatic N) is 1. The van der Waals surface area contributed by atoms with Crippen LogP contribution in [-0.4, -0.2) is 21.1 Å². The molecule has 0 bridgehead atoms. The van der Waals surface area contributed by atoms with E-state index >= 15 is 0 Å². The van der Waals surface area contributed by atoms with Crippen molar-refractivity contribution >= 4 is 11.0 Å². The average molecular weight is 369 g/mol. The summed E-state index contributed by atoms with van der Waals surface area (Å²) in [4.78, 5) is 7.59. The number of rotatable bonds is 4. The van der Waals surface area contributed by atoms with E-state index in [0.717, 1.165) is 29.6 Å². The number of aliphatic hydroxyl groups is 1. The van der Waals surface area contributed by atoms with E-state index in [1.54, 1.807) is 6.33 Å². The molecule has 1 aliphatic rings. The van der Waals surface area contributed by atoms with Crippen LogP contribution >= 0.6 is 0 Å². The van der Waals surface area contributed by atoms with E-state index in [4.69, 9.17) is 0 Å². The monoisotopic (exact) mass is 369 g/mol. The van der Waals surface area contributed by atoms with Crippen molar-refractivity contribution in [2.45, 2.75) is 32.0 Å². The smallest absolute Gasteiger partial charge is 0.0948 e. The molecular formula is C24H23N3O. The molecule has 0 aliphatic heterocycles. The minimum Gasteiger partial charge on any atom is -0.387 e. The maximum absolute atomic E-state index is 10.5. The Morgan fingerprint density at radius 2 is 1.89 bits per heavy atom. The van der Waals surface area contributed by atoms with Gasteiger partial charge in [-0.3, -0.25) is 0 Å². The van der Waals surface area contributed by atoms with Crippen LogP contribution in [0.1, 0.15) is 28.4 Å². The minimum atomic E-state index is -0.432. The zero-order valence-corrected chi connectivity index (χ0v) is 15.8. The normalized spacial score (nSPS) is 18.5. The molecule has 4 nitrogen and oxygen atoms in total. The first kappa shape index (κ1) is 17.2. The molecule has 4 aromatic rings. The minimum absolute atomic E-state index is 0.0707. The quantitative estimate of drug-likeness (QED) is 0.503. The van der Waals surface area contributed by atoms with Crippen molar-refractivity contribution < 1.29 is 5.11 Å². The van der Waals surface area contributed by atoms with Gasteiger partial charge in [-0.15, -0.1) is 0 Å². The van der Waals surface area contributed by atoms with E-state index in [9.17, 15) is 5.11 Å². The van der Waals surface area contributed by atoms with E-state index in [2.05, 4.69) is 64.7 Å². The zero-order chi connectivity index (χ0) is 19.1. The van der Waals surface area contributed by atoms with Gasteiger partial charge in [0.05, 0.1) is 23.5 Å². The van der Waals surface area contributed by atoms with Crippen LogP contribution in [0.4, 0.5) is 0 Å². The van der Waals surface area contributed by atoms with Gasteiger partial charge in [0.1, 0.15) is 0 Å². The molecule has 2 atom stereocenters. The average Bonchev–Trinajstić information content (AvgIpc) is 3.33. The molecule has 3 N–H and O–H groups in total. The van der Waals surface area contributed by atoms with Crippen LogP contribution in [0, 0.1) is 6.92 Å². The fourth-order valence-electron chi connectivity index (χ4n) is 4.27. The van der Waals surface area contributed by atoms with Gasteiger partial charge in [0.2, 0.25) is 0 Å². The zero-order valence-electron chi connectivity index (χ0n) is 15.8. The third-order valence-corrected chi connectivity index (χ3v) is 5.87. The highest BCUT2D eigenvalue weighted by molar-refractivity contribution is 5.86. The maximum atomic E-state index is 10.5. The molecule has 5 rings (SSSR count). The van der Waals surface area contributed by atoms with Crippen LogP contribution in [0.15, 0.2) is 67.0 Å². The van der Waals surface area contributed by atoms with Crippen LogP contribution in [0.3, 0.4) is 0 Å². The van der Waals surface area contributed by atoms with E-state index in [1.807, 2.05) is 18.2 Å². The second-order valence-corrected chi connectivity index (χ2v) is 7.57. The fourth-order valence-corrected chi connectivity index (χ4v) is 4.27. The first-order valence-electron chi connectivity index (χ1n) is 9.72. The fraction of sp³-hybridized carbons (Fsp3) is 0.208. The third kappa shape index (κ3) is 2.91. The molecule has 140 valence electrons. The lowest BCUT2D eigenvalue weighted by Crippen LogP contribution is -2.32. The highest BCUT2D eigenvalue weighted by Crippen LogP contribution is 2.31. The number of nitrogens with one attached hydrogen (secondary N) is 2. The summed E-state index contributed by atoms with van der Waals surface area (Å²) in [5, 5.41) is 14.1. The van der Waals surface area contributed by atoms with Gasteiger partial charge in [0.15, 0.2) is 0 Å². The summed E-state index contributed by atoms with van der Waals surface area (Å²) in [5.74, 6) is 0. The standard InChI is InChI=1S/C24H23N3O/c1-15-19(10-11-21-23(15)27-14-26-21)17-8-6-16(7-9-17)13-25-22-12-18-4-2-3-5-20(18)24(22)28/h2-11,14,22,24-25,28H,12-13H2,1H3,(H,26,27)/t22-,24+/m0/s1. The molecule has 0 saturated carbocycles. The number of H-pyrrole nitrogens is 1. The molecule has 0 spiro atoms. The summed E-state index contributed by atoms with van der Waals surface area (Å²) < 4.78 is 0. The SMILES string of the molecule is Cc1c(-c2ccc(CN[C@H]3Cc4ccccc4[C@H]3O)cc2)ccc2[nH]cnc12. The van der Waals surface area contributed by atoms with E-state index in [1.165, 1.54) is 27.8 Å². The molecule has 4 heteroatoms. The molecule has 28 heavy (non-hydrogen) atoms. The van der Waals surface area contributed by atoms with E-state index in [-0.39, 0.29) is 6.04 Å². The molecule has 3 aromatic carbocycles. The molecule has 1 aliphatic carbocycles. The molecule has 1 heterocycles. The van der Waals surface area contributed by atoms with Crippen LogP contribution < -0.4 is 5.32 Å². The Hall–Kier alpha value is -2.95. The van der Waals surface area contributed by atoms with Gasteiger partial charge in [0.25, 0.3) is 0 Å². The van der Waals surface area contributed by atoms with Crippen LogP contribution in [0.2, 0.25) is 0 Å². The van der Waals surface area contributed by atoms with Crippen molar-refractivity contribution in [3.63, 3.8) is 0 Å². The molecule has 0 radical (unpaired) electrons. The number of aromatic amines is 1. The van der Waals surface area contributed by atoms with Crippen molar-refractivity contribution in [1.82, 2.24) is 15.3 Å². The summed E-state index contributed by atoms with van der Waals surface area (Å²) in [7, 11) is 0. The Morgan fingerprint density at radius 1 is 1.07 bits per heavy atom. The lowest BCUT2D eigenvalue weighted by atomic mass is 9.98. The molecule has 0 unspecified atom stereocenters. The topological polar surface area (TPSA) is 60.9 Å². The summed E-state index contributed by atoms with van der Waals surface area (Å²) >= 11 is 0. The van der Waals surface area contributed by atoms with Crippen molar-refractivity contribution in [1.29, 1.82) is 0 Å². The first-order chi connectivity index (χ1) is 13.7. The highest BCUT2D eigenvalue weighted by atomic mass is 16.3. The Balaban J connectivity index is 1.30. The van der Waals surface area contributed by atoms with E-state index in [0.29, 0.717) is 0 Å². The summed E-state index contributed by atoms with van der Waals surface area (Å²) in [5.41, 5.74) is 9.20. The molecule has 0 amide bonds. The van der Waals surface area contributed by atoms with Crippen molar-refractivity contribution in [3.05, 3.63) is 89.2 Å². The summed E-state index contributed by atoms with van der Waals surface area (Å²) in [6, 6.07) is 21.1. The second kappa shape index (κ2) is 6.89. The number of fused-ring (bicyclic) bond motifs is 2. The summed E-state index contributed by atoms with van der Waals surface area (Å²) in [6.07, 6.45) is 2.18. The van der Waals surface area contributed by atoms with Crippen LogP contribution in [0.25, 0.3) is 22.2 Å². The molecule has 0 fully saturated rings. The number of imidazole rings is 1. The Labute approximate surface area is 164 Å². The number of hydrogen-bond acceptors (Lipinski definition) is 3. The van der Waals surface area contributed by atoms with Crippen molar-refractivity contribution in [2.24, 2.45) is 0 Å². The third-order valence-electron chi connectivity index (χ3n) is 5.87. The Bertz CT molecular complexity index is 1130. The van der Waals surface area contributed by atoms with Gasteiger partial charge in [-0.2, -0.15) is 0 Å². The van der Waals surface area contributed by atoms with Gasteiger partial charge in [-0.1, -0.05) is 54.6 Å². The number of aryl methyl sites for hydroxylation is 1. The largest absolute Gasteiger partial charge is 0.387 e. The number of hydrogen-bond donors (Lipinski definition) is 3. The predicted octanol–water partition coefficient (Wildman–Crippen LogP) is 4.29. The first-order valence-corrected chi connectivity index (χ1v) is 9.72. The van der Waals surface area contributed by atoms with Crippen LogP contribution in [-0.2, 0) is 13.0 Å². The van der Waals surface area contributed by atoms with Gasteiger partial charge >= 0.3 is 0 Å². The van der Waals surface area contributed by atoms with Crippen molar-refractivity contribution in [3.8, 4) is 11.1 Å². The summed E-state index contributed by atoms with van der Waals surface area (Å²) in [6.45, 7) is 2.86. The Morgan fingerprint density at radius 3 is 2.71 bits per heavy atom. The van der Waals surface area contributed by atoms with Gasteiger partial charge in [0, 0.05) is 12.6 Å². The van der Waals surface area contributed by atoms with Gasteiger partial charge < -0.3 is 15.4 Å². The number of aromatic nitrogens is 2. The predicted molar refractivity (Wildman–Crippen MR) is 112 cm³/mol. The molecule has 0 saturated heterocycles. The van der Waals surface area contributed by atoms with Gasteiger partial charge in [-0.05, 0) is 52.8 Å². The van der Waals surface area contributed by atoms with E-state index < -0.39 is 6.10 Å². The van der Waals surface area contributed by atoms with Crippen LogP contribution in [0.5, 0.6) is 0 Å². The second-order valence-electron chi connectivity index (χ2n) is 7.57. The lowest BCUT2D eigenvalue weighted by molar-refractivity contribution is 0.141. The van der Waals surface area contributed by atoms with Gasteiger partial charge in [-0.25, -0.2) is 4.98 Å². The highest BCUT2D eigenvalue weighted by Gasteiger charge is 2.29. The molecular weight excluding hydrogens is 346 g/mol. The molecule has 1 aromatic heterocycles. The van der Waals surface area contributed by atoms with Crippen molar-refractivity contribution in [2.75, 3.05) is 0 Å². The number of aliphatic hydroxyl groups excluding tert-OH is 1. The maximum Gasteiger partial charge on any atom is 0.0948 e.